The SMILES string of the molecule is CCOc1cccc(NC2=C(c3ccccc3)C(=O)N(c3cccc(Br)c3)C2=O)c1. The number of nitrogens with zero attached hydrogens (tertiary/aromatic N) is 1. The molecule has 4 rings (SSSR count). The Morgan fingerprint density at radius 2 is 1.67 bits per heavy atom. The van der Waals surface area contributed by atoms with E-state index in [1.165, 1.54) is 4.90 Å². The second-order valence-corrected chi connectivity index (χ2v) is 7.54. The predicted molar refractivity (Wildman–Crippen MR) is 121 cm³/mol. The quantitative estimate of drug-likeness (QED) is 0.508. The highest BCUT2D eigenvalue weighted by molar-refractivity contribution is 9.10. The van der Waals surface area contributed by atoms with Crippen molar-refractivity contribution in [1.29, 1.82) is 0 Å². The summed E-state index contributed by atoms with van der Waals surface area (Å²) in [7, 11) is 0. The molecule has 3 aromatic carbocycles. The molecule has 0 radical (unpaired) electrons. The summed E-state index contributed by atoms with van der Waals surface area (Å²) in [5.74, 6) is -0.0866. The second-order valence-electron chi connectivity index (χ2n) is 6.63. The second kappa shape index (κ2) is 8.55. The van der Waals surface area contributed by atoms with E-state index in [-0.39, 0.29) is 11.6 Å². The van der Waals surface area contributed by atoms with Crippen LogP contribution in [0.1, 0.15) is 12.5 Å². The minimum absolute atomic E-state index is 0.236. The van der Waals surface area contributed by atoms with Crippen molar-refractivity contribution in [3.05, 3.63) is 94.6 Å². The third kappa shape index (κ3) is 3.86. The molecule has 1 heterocycles. The van der Waals surface area contributed by atoms with Gasteiger partial charge < -0.3 is 10.1 Å². The van der Waals surface area contributed by atoms with Crippen LogP contribution in [0, 0.1) is 0 Å². The standard InChI is InChI=1S/C24H19BrN2O3/c1-2-30-20-13-7-11-18(15-20)26-22-21(16-8-4-3-5-9-16)23(28)27(24(22)29)19-12-6-10-17(25)14-19/h3-15,26H,2H2,1H3. The average molecular weight is 463 g/mol. The lowest BCUT2D eigenvalue weighted by Crippen LogP contribution is -2.32. The lowest BCUT2D eigenvalue weighted by Gasteiger charge is -2.16. The van der Waals surface area contributed by atoms with Crippen LogP contribution in [0.3, 0.4) is 0 Å². The van der Waals surface area contributed by atoms with Crippen molar-refractivity contribution < 1.29 is 14.3 Å². The average Bonchev–Trinajstić information content (AvgIpc) is 2.99. The van der Waals surface area contributed by atoms with Gasteiger partial charge in [0.05, 0.1) is 17.9 Å². The normalized spacial score (nSPS) is 13.7. The van der Waals surface area contributed by atoms with Crippen LogP contribution in [-0.2, 0) is 9.59 Å². The number of carbonyl (C=O) groups is 2. The molecule has 0 atom stereocenters. The number of ether oxygens (including phenoxy) is 1. The van der Waals surface area contributed by atoms with E-state index in [2.05, 4.69) is 21.2 Å². The minimum Gasteiger partial charge on any atom is -0.494 e. The first-order valence-electron chi connectivity index (χ1n) is 9.52. The maximum Gasteiger partial charge on any atom is 0.282 e. The molecule has 0 aromatic heterocycles. The van der Waals surface area contributed by atoms with Crippen LogP contribution in [0.25, 0.3) is 5.57 Å². The fraction of sp³-hybridized carbons (Fsp3) is 0.0833. The first kappa shape index (κ1) is 19.9. The van der Waals surface area contributed by atoms with Crippen LogP contribution in [0.2, 0.25) is 0 Å². The third-order valence-electron chi connectivity index (χ3n) is 4.63. The minimum atomic E-state index is -0.404. The van der Waals surface area contributed by atoms with Gasteiger partial charge in [-0.1, -0.05) is 58.4 Å². The number of carbonyl (C=O) groups excluding carboxylic acids is 2. The van der Waals surface area contributed by atoms with Crippen molar-refractivity contribution in [2.75, 3.05) is 16.8 Å². The maximum atomic E-state index is 13.4. The van der Waals surface area contributed by atoms with Gasteiger partial charge in [-0.15, -0.1) is 0 Å². The number of hydrogen-bond donors (Lipinski definition) is 1. The van der Waals surface area contributed by atoms with Gasteiger partial charge in [0, 0.05) is 16.2 Å². The van der Waals surface area contributed by atoms with Crippen molar-refractivity contribution in [2.24, 2.45) is 0 Å². The number of amides is 2. The smallest absolute Gasteiger partial charge is 0.282 e. The van der Waals surface area contributed by atoms with E-state index in [1.54, 1.807) is 24.3 Å². The summed E-state index contributed by atoms with van der Waals surface area (Å²) >= 11 is 3.41. The maximum absolute atomic E-state index is 13.4. The molecule has 0 saturated carbocycles. The van der Waals surface area contributed by atoms with Crippen LogP contribution >= 0.6 is 15.9 Å². The molecule has 5 nitrogen and oxygen atoms in total. The zero-order valence-corrected chi connectivity index (χ0v) is 17.8. The molecule has 30 heavy (non-hydrogen) atoms. The van der Waals surface area contributed by atoms with Gasteiger partial charge in [0.15, 0.2) is 0 Å². The Labute approximate surface area is 183 Å². The highest BCUT2D eigenvalue weighted by atomic mass is 79.9. The van der Waals surface area contributed by atoms with Crippen LogP contribution in [0.5, 0.6) is 5.75 Å². The first-order chi connectivity index (χ1) is 14.6. The number of nitrogens with one attached hydrogen (secondary N) is 1. The topological polar surface area (TPSA) is 58.6 Å². The van der Waals surface area contributed by atoms with E-state index in [0.717, 1.165) is 4.47 Å². The van der Waals surface area contributed by atoms with Crippen LogP contribution < -0.4 is 15.0 Å². The lowest BCUT2D eigenvalue weighted by atomic mass is 10.0. The van der Waals surface area contributed by atoms with Gasteiger partial charge in [0.1, 0.15) is 11.4 Å². The molecular weight excluding hydrogens is 444 g/mol. The number of anilines is 2. The summed E-state index contributed by atoms with van der Waals surface area (Å²) in [4.78, 5) is 27.9. The highest BCUT2D eigenvalue weighted by Crippen LogP contribution is 2.34. The zero-order chi connectivity index (χ0) is 21.1. The molecule has 2 amide bonds. The van der Waals surface area contributed by atoms with Gasteiger partial charge in [-0.3, -0.25) is 9.59 Å². The Kier molecular flexibility index (Phi) is 5.68. The van der Waals surface area contributed by atoms with E-state index in [0.29, 0.717) is 34.9 Å². The van der Waals surface area contributed by atoms with Gasteiger partial charge in [-0.2, -0.15) is 0 Å². The number of imide groups is 1. The summed E-state index contributed by atoms with van der Waals surface area (Å²) in [6.45, 7) is 2.45. The Bertz CT molecular complexity index is 1140. The largest absolute Gasteiger partial charge is 0.494 e. The molecule has 1 aliphatic rings. The van der Waals surface area contributed by atoms with Gasteiger partial charge in [-0.25, -0.2) is 4.90 Å². The van der Waals surface area contributed by atoms with Crippen molar-refractivity contribution in [2.45, 2.75) is 6.92 Å². The summed E-state index contributed by atoms with van der Waals surface area (Å²) in [6.07, 6.45) is 0. The Hall–Kier alpha value is -3.38. The molecule has 150 valence electrons. The van der Waals surface area contributed by atoms with E-state index >= 15 is 0 Å². The Morgan fingerprint density at radius 3 is 2.40 bits per heavy atom. The van der Waals surface area contributed by atoms with Gasteiger partial charge in [0.2, 0.25) is 0 Å². The number of halogens is 1. The van der Waals surface area contributed by atoms with Crippen LogP contribution in [0.4, 0.5) is 11.4 Å². The van der Waals surface area contributed by atoms with E-state index in [9.17, 15) is 9.59 Å². The number of benzene rings is 3. The Balaban J connectivity index is 1.79. The van der Waals surface area contributed by atoms with E-state index < -0.39 is 5.91 Å². The molecular formula is C24H19BrN2O3. The molecule has 6 heteroatoms. The van der Waals surface area contributed by atoms with Gasteiger partial charge >= 0.3 is 0 Å². The fourth-order valence-corrected chi connectivity index (χ4v) is 3.73. The van der Waals surface area contributed by atoms with E-state index in [1.807, 2.05) is 61.5 Å². The molecule has 0 bridgehead atoms. The molecule has 3 aromatic rings. The van der Waals surface area contributed by atoms with Crippen molar-refractivity contribution in [3.63, 3.8) is 0 Å². The van der Waals surface area contributed by atoms with Crippen LogP contribution in [0.15, 0.2) is 89.0 Å². The molecule has 0 aliphatic carbocycles. The zero-order valence-electron chi connectivity index (χ0n) is 16.3. The van der Waals surface area contributed by atoms with Gasteiger partial charge in [-0.05, 0) is 42.8 Å². The molecule has 0 fully saturated rings. The lowest BCUT2D eigenvalue weighted by molar-refractivity contribution is -0.120. The summed E-state index contributed by atoms with van der Waals surface area (Å²) in [6, 6.07) is 23.6. The fourth-order valence-electron chi connectivity index (χ4n) is 3.34. The third-order valence-corrected chi connectivity index (χ3v) is 5.12. The van der Waals surface area contributed by atoms with Crippen LogP contribution in [-0.4, -0.2) is 18.4 Å². The molecule has 0 saturated heterocycles. The molecule has 1 aliphatic heterocycles. The monoisotopic (exact) mass is 462 g/mol. The van der Waals surface area contributed by atoms with Gasteiger partial charge in [0.25, 0.3) is 11.8 Å². The number of hydrogen-bond acceptors (Lipinski definition) is 4. The van der Waals surface area contributed by atoms with Crippen molar-refractivity contribution >= 4 is 44.7 Å². The first-order valence-corrected chi connectivity index (χ1v) is 10.3. The summed E-state index contributed by atoms with van der Waals surface area (Å²) in [5, 5.41) is 3.16. The summed E-state index contributed by atoms with van der Waals surface area (Å²) in [5.41, 5.74) is 2.42. The Morgan fingerprint density at radius 1 is 0.900 bits per heavy atom. The van der Waals surface area contributed by atoms with E-state index in [4.69, 9.17) is 4.74 Å². The predicted octanol–water partition coefficient (Wildman–Crippen LogP) is 5.24. The molecule has 1 N–H and O–H groups in total. The van der Waals surface area contributed by atoms with Crippen molar-refractivity contribution in [3.8, 4) is 5.75 Å². The van der Waals surface area contributed by atoms with Crippen molar-refractivity contribution in [1.82, 2.24) is 0 Å². The number of rotatable bonds is 6. The highest BCUT2D eigenvalue weighted by Gasteiger charge is 2.40. The molecule has 0 spiro atoms. The molecule has 0 unspecified atom stereocenters. The summed E-state index contributed by atoms with van der Waals surface area (Å²) < 4.78 is 6.34.